The highest BCUT2D eigenvalue weighted by Gasteiger charge is 2.38. The first kappa shape index (κ1) is 17.1. The van der Waals surface area contributed by atoms with Crippen molar-refractivity contribution in [2.45, 2.75) is 43.8 Å². The van der Waals surface area contributed by atoms with Crippen molar-refractivity contribution in [2.24, 2.45) is 10.2 Å². The first-order chi connectivity index (χ1) is 13.0. The van der Waals surface area contributed by atoms with Crippen molar-refractivity contribution in [1.82, 2.24) is 19.9 Å². The summed E-state index contributed by atoms with van der Waals surface area (Å²) < 4.78 is 1.49. The standard InChI is InChI=1S/C18H18N6O3/c1-2-3-6-18(22-23-18)7-8-19-15(25)11-9-13-14(20-10-11)24(12-4-5-12)17(27)21-16(13)26/h1,9-10,12H,3-8H2,(H,19,25)(H,21,26,27). The summed E-state index contributed by atoms with van der Waals surface area (Å²) in [6.07, 6.45) is 10.2. The Morgan fingerprint density at radius 2 is 2.15 bits per heavy atom. The minimum absolute atomic E-state index is 0.0641. The van der Waals surface area contributed by atoms with Crippen molar-refractivity contribution >= 4 is 16.9 Å². The zero-order chi connectivity index (χ0) is 19.0. The van der Waals surface area contributed by atoms with Gasteiger partial charge in [0.15, 0.2) is 5.66 Å². The summed E-state index contributed by atoms with van der Waals surface area (Å²) in [5, 5.41) is 11.1. The maximum absolute atomic E-state index is 12.4. The third-order valence-electron chi connectivity index (χ3n) is 4.82. The van der Waals surface area contributed by atoms with Crippen LogP contribution in [-0.4, -0.2) is 32.6 Å². The van der Waals surface area contributed by atoms with E-state index in [1.54, 1.807) is 0 Å². The number of aromatic nitrogens is 3. The van der Waals surface area contributed by atoms with E-state index in [0.717, 1.165) is 12.8 Å². The van der Waals surface area contributed by atoms with Gasteiger partial charge >= 0.3 is 5.69 Å². The molecule has 9 nitrogen and oxygen atoms in total. The lowest BCUT2D eigenvalue weighted by atomic mass is 10.0. The number of carbonyl (C=O) groups is 1. The summed E-state index contributed by atoms with van der Waals surface area (Å²) >= 11 is 0. The molecule has 1 fully saturated rings. The van der Waals surface area contributed by atoms with Gasteiger partial charge in [-0.15, -0.1) is 12.3 Å². The van der Waals surface area contributed by atoms with E-state index >= 15 is 0 Å². The molecule has 0 unspecified atom stereocenters. The van der Waals surface area contributed by atoms with Gasteiger partial charge in [-0.1, -0.05) is 0 Å². The van der Waals surface area contributed by atoms with Crippen LogP contribution in [0.1, 0.15) is 48.5 Å². The van der Waals surface area contributed by atoms with Gasteiger partial charge in [-0.3, -0.25) is 19.1 Å². The number of nitrogens with zero attached hydrogens (tertiary/aromatic N) is 4. The monoisotopic (exact) mass is 366 g/mol. The summed E-state index contributed by atoms with van der Waals surface area (Å²) in [6.45, 7) is 0.381. The smallest absolute Gasteiger partial charge is 0.330 e. The van der Waals surface area contributed by atoms with Crippen LogP contribution in [0.25, 0.3) is 11.0 Å². The van der Waals surface area contributed by atoms with E-state index < -0.39 is 16.9 Å². The molecule has 138 valence electrons. The van der Waals surface area contributed by atoms with E-state index in [1.807, 2.05) is 0 Å². The van der Waals surface area contributed by atoms with Gasteiger partial charge in [0.2, 0.25) is 0 Å². The normalized spacial score (nSPS) is 16.9. The molecule has 0 saturated heterocycles. The highest BCUT2D eigenvalue weighted by Crippen LogP contribution is 2.36. The van der Waals surface area contributed by atoms with Gasteiger partial charge in [0, 0.05) is 38.0 Å². The van der Waals surface area contributed by atoms with Crippen LogP contribution in [0.15, 0.2) is 32.1 Å². The predicted molar refractivity (Wildman–Crippen MR) is 97.5 cm³/mol. The van der Waals surface area contributed by atoms with Crippen LogP contribution in [0.5, 0.6) is 0 Å². The molecule has 1 aliphatic heterocycles. The molecule has 3 heterocycles. The molecule has 9 heteroatoms. The van der Waals surface area contributed by atoms with Crippen molar-refractivity contribution in [3.63, 3.8) is 0 Å². The Morgan fingerprint density at radius 1 is 1.37 bits per heavy atom. The van der Waals surface area contributed by atoms with Crippen molar-refractivity contribution in [3.05, 3.63) is 38.7 Å². The molecule has 1 saturated carbocycles. The van der Waals surface area contributed by atoms with Crippen LogP contribution >= 0.6 is 0 Å². The molecule has 0 bridgehead atoms. The van der Waals surface area contributed by atoms with Crippen LogP contribution in [0.4, 0.5) is 0 Å². The number of carbonyl (C=O) groups excluding carboxylic acids is 1. The van der Waals surface area contributed by atoms with Gasteiger partial charge in [-0.05, 0) is 18.9 Å². The van der Waals surface area contributed by atoms with Gasteiger partial charge in [0.1, 0.15) is 5.65 Å². The lowest BCUT2D eigenvalue weighted by Crippen LogP contribution is -2.31. The zero-order valence-corrected chi connectivity index (χ0v) is 14.6. The topological polar surface area (TPSA) is 122 Å². The summed E-state index contributed by atoms with van der Waals surface area (Å²) in [4.78, 5) is 43.1. The van der Waals surface area contributed by atoms with E-state index in [4.69, 9.17) is 6.42 Å². The Hall–Kier alpha value is -3.28. The van der Waals surface area contributed by atoms with Crippen LogP contribution in [0, 0.1) is 12.3 Å². The second kappa shape index (κ2) is 6.46. The summed E-state index contributed by atoms with van der Waals surface area (Å²) in [6, 6.07) is 1.53. The van der Waals surface area contributed by atoms with Crippen LogP contribution in [0.3, 0.4) is 0 Å². The lowest BCUT2D eigenvalue weighted by Gasteiger charge is -2.11. The second-order valence-electron chi connectivity index (χ2n) is 6.85. The lowest BCUT2D eigenvalue weighted by molar-refractivity contribution is 0.0951. The van der Waals surface area contributed by atoms with E-state index in [-0.39, 0.29) is 22.9 Å². The minimum Gasteiger partial charge on any atom is -0.352 e. The number of hydrogen-bond donors (Lipinski definition) is 2. The fraction of sp³-hybridized carbons (Fsp3) is 0.444. The number of aromatic amines is 1. The Bertz CT molecular complexity index is 1100. The van der Waals surface area contributed by atoms with Gasteiger partial charge in [0.05, 0.1) is 10.9 Å². The molecule has 4 rings (SSSR count). The van der Waals surface area contributed by atoms with Crippen molar-refractivity contribution < 1.29 is 4.79 Å². The number of amides is 1. The summed E-state index contributed by atoms with van der Waals surface area (Å²) in [5.41, 5.74) is -0.895. The van der Waals surface area contributed by atoms with Crippen molar-refractivity contribution in [3.8, 4) is 12.3 Å². The second-order valence-corrected chi connectivity index (χ2v) is 6.85. The number of hydrogen-bond acceptors (Lipinski definition) is 6. The number of nitrogens with one attached hydrogen (secondary N) is 2. The molecular formula is C18H18N6O3. The molecule has 0 aromatic carbocycles. The Balaban J connectivity index is 1.49. The fourth-order valence-corrected chi connectivity index (χ4v) is 3.08. The average Bonchev–Trinajstić information content (AvgIpc) is 3.56. The SMILES string of the molecule is C#CCCC1(CCNC(=O)c2cnc3c(c2)c(=O)[nH]c(=O)n3C2CC2)N=N1. The first-order valence-electron chi connectivity index (χ1n) is 8.83. The van der Waals surface area contributed by atoms with E-state index in [9.17, 15) is 14.4 Å². The Labute approximate surface area is 153 Å². The highest BCUT2D eigenvalue weighted by atomic mass is 16.2. The van der Waals surface area contributed by atoms with E-state index in [1.165, 1.54) is 16.8 Å². The Morgan fingerprint density at radius 3 is 2.81 bits per heavy atom. The highest BCUT2D eigenvalue weighted by molar-refractivity contribution is 5.96. The largest absolute Gasteiger partial charge is 0.352 e. The molecule has 27 heavy (non-hydrogen) atoms. The fourth-order valence-electron chi connectivity index (χ4n) is 3.08. The van der Waals surface area contributed by atoms with Gasteiger partial charge in [0.25, 0.3) is 11.5 Å². The maximum Gasteiger partial charge on any atom is 0.330 e. The predicted octanol–water partition coefficient (Wildman–Crippen LogP) is 1.12. The number of pyridine rings is 1. The number of fused-ring (bicyclic) bond motifs is 1. The third kappa shape index (κ3) is 3.38. The van der Waals surface area contributed by atoms with Gasteiger partial charge < -0.3 is 5.32 Å². The third-order valence-corrected chi connectivity index (χ3v) is 4.82. The molecule has 1 aliphatic carbocycles. The molecule has 0 spiro atoms. The van der Waals surface area contributed by atoms with E-state index in [0.29, 0.717) is 31.5 Å². The maximum atomic E-state index is 12.4. The molecule has 0 radical (unpaired) electrons. The molecule has 2 N–H and O–H groups in total. The molecule has 2 aliphatic rings. The van der Waals surface area contributed by atoms with Crippen LogP contribution in [0.2, 0.25) is 0 Å². The average molecular weight is 366 g/mol. The van der Waals surface area contributed by atoms with E-state index in [2.05, 4.69) is 31.4 Å². The Kier molecular flexibility index (Phi) is 4.11. The van der Waals surface area contributed by atoms with Crippen LogP contribution < -0.4 is 16.6 Å². The molecule has 0 atom stereocenters. The number of rotatable bonds is 7. The number of terminal acetylenes is 1. The first-order valence-corrected chi connectivity index (χ1v) is 8.83. The molecular weight excluding hydrogens is 348 g/mol. The molecule has 1 amide bonds. The van der Waals surface area contributed by atoms with Gasteiger partial charge in [-0.25, -0.2) is 9.78 Å². The van der Waals surface area contributed by atoms with Crippen LogP contribution in [-0.2, 0) is 0 Å². The molecule has 2 aromatic rings. The van der Waals surface area contributed by atoms with Gasteiger partial charge in [-0.2, -0.15) is 10.2 Å². The summed E-state index contributed by atoms with van der Waals surface area (Å²) in [7, 11) is 0. The number of H-pyrrole nitrogens is 1. The van der Waals surface area contributed by atoms with Crippen molar-refractivity contribution in [1.29, 1.82) is 0 Å². The summed E-state index contributed by atoms with van der Waals surface area (Å²) in [5.74, 6) is 2.21. The molecule has 2 aromatic heterocycles. The minimum atomic E-state index is -0.544. The van der Waals surface area contributed by atoms with Crippen molar-refractivity contribution in [2.75, 3.05) is 6.54 Å². The zero-order valence-electron chi connectivity index (χ0n) is 14.6. The quantitative estimate of drug-likeness (QED) is 0.713.